The third kappa shape index (κ3) is 6.12. The molecule has 2 atom stereocenters. The van der Waals surface area contributed by atoms with E-state index in [1.165, 1.54) is 11.3 Å². The molecule has 0 bridgehead atoms. The minimum atomic E-state index is -5.20. The Bertz CT molecular complexity index is 857. The predicted molar refractivity (Wildman–Crippen MR) is 83.8 cm³/mol. The molecule has 0 unspecified atom stereocenters. The Morgan fingerprint density at radius 2 is 2.22 bits per heavy atom. The fourth-order valence-corrected chi connectivity index (χ4v) is 3.16. The number of rotatable bonds is 7. The summed E-state index contributed by atoms with van der Waals surface area (Å²) in [6.45, 7) is 0.885. The van der Waals surface area contributed by atoms with E-state index in [2.05, 4.69) is 20.2 Å². The van der Waals surface area contributed by atoms with Gasteiger partial charge < -0.3 is 25.2 Å². The third-order valence-corrected chi connectivity index (χ3v) is 4.44. The summed E-state index contributed by atoms with van der Waals surface area (Å²) in [5.74, 6) is -3.14. The number of amides is 2. The van der Waals surface area contributed by atoms with Gasteiger partial charge in [0.15, 0.2) is 28.1 Å². The monoisotopic (exact) mass is 429 g/mol. The van der Waals surface area contributed by atoms with Gasteiger partial charge in [0, 0.05) is 12.3 Å². The average molecular weight is 429 g/mol. The van der Waals surface area contributed by atoms with Crippen LogP contribution in [0.1, 0.15) is 12.6 Å². The van der Waals surface area contributed by atoms with Crippen molar-refractivity contribution in [3.05, 3.63) is 11.1 Å². The number of nitrogens with zero attached hydrogens (tertiary/aromatic N) is 3. The molecule has 1 aromatic rings. The molecule has 1 aliphatic heterocycles. The maximum atomic E-state index is 11.7. The Balaban J connectivity index is 0.00000364. The molecule has 0 aliphatic carbocycles. The summed E-state index contributed by atoms with van der Waals surface area (Å²) in [5.41, 5.74) is 5.91. The molecule has 3 N–H and O–H groups in total. The van der Waals surface area contributed by atoms with Gasteiger partial charge in [-0.15, -0.1) is 11.3 Å². The van der Waals surface area contributed by atoms with Crippen molar-refractivity contribution in [1.82, 2.24) is 14.6 Å². The molecule has 142 valence electrons. The summed E-state index contributed by atoms with van der Waals surface area (Å²) >= 11 is 1.19. The normalized spacial score (nSPS) is 19.2. The summed E-state index contributed by atoms with van der Waals surface area (Å²) in [6.07, 6.45) is -1.10. The van der Waals surface area contributed by atoms with Gasteiger partial charge in [-0.3, -0.25) is 14.4 Å². The first-order valence-electron chi connectivity index (χ1n) is 6.71. The predicted octanol–water partition coefficient (Wildman–Crippen LogP) is -5.09. The Labute approximate surface area is 179 Å². The molecular formula is C11H12N5NaO8S2. The van der Waals surface area contributed by atoms with Gasteiger partial charge >= 0.3 is 35.5 Å². The summed E-state index contributed by atoms with van der Waals surface area (Å²) in [5, 5.41) is 7.35. The van der Waals surface area contributed by atoms with E-state index >= 15 is 0 Å². The molecule has 27 heavy (non-hydrogen) atoms. The second-order valence-corrected chi connectivity index (χ2v) is 6.90. The van der Waals surface area contributed by atoms with Crippen LogP contribution < -0.4 is 40.6 Å². The van der Waals surface area contributed by atoms with E-state index in [1.807, 2.05) is 0 Å². The van der Waals surface area contributed by atoms with Crippen molar-refractivity contribution in [3.63, 3.8) is 0 Å². The first kappa shape index (κ1) is 23.3. The van der Waals surface area contributed by atoms with Gasteiger partial charge in [-0.05, 0) is 0 Å². The third-order valence-electron chi connectivity index (χ3n) is 2.85. The second-order valence-electron chi connectivity index (χ2n) is 4.76. The van der Waals surface area contributed by atoms with Crippen LogP contribution in [0.4, 0.5) is 5.13 Å². The Hall–Kier alpha value is -1.78. The van der Waals surface area contributed by atoms with Gasteiger partial charge in [0.05, 0.1) is 5.69 Å². The van der Waals surface area contributed by atoms with Crippen LogP contribution in [0.25, 0.3) is 0 Å². The fourth-order valence-electron chi connectivity index (χ4n) is 1.86. The number of carbonyl (C=O) groups excluding carboxylic acids is 3. The van der Waals surface area contributed by atoms with Crippen molar-refractivity contribution in [1.29, 1.82) is 0 Å². The van der Waals surface area contributed by atoms with Crippen molar-refractivity contribution in [3.8, 4) is 0 Å². The summed E-state index contributed by atoms with van der Waals surface area (Å²) < 4.78 is 37.3. The van der Waals surface area contributed by atoms with Crippen LogP contribution in [-0.2, 0) is 40.9 Å². The molecule has 0 spiro atoms. The molecule has 1 aliphatic rings. The molecule has 2 rings (SSSR count). The summed E-state index contributed by atoms with van der Waals surface area (Å²) in [4.78, 5) is 43.0. The zero-order valence-corrected chi connectivity index (χ0v) is 17.7. The molecular weight excluding hydrogens is 417 g/mol. The molecule has 13 nitrogen and oxygen atoms in total. The van der Waals surface area contributed by atoms with E-state index in [1.54, 1.807) is 5.38 Å². The van der Waals surface area contributed by atoms with Gasteiger partial charge in [-0.1, -0.05) is 5.16 Å². The van der Waals surface area contributed by atoms with Crippen LogP contribution in [0, 0.1) is 0 Å². The van der Waals surface area contributed by atoms with E-state index in [-0.39, 0.29) is 40.5 Å². The van der Waals surface area contributed by atoms with Gasteiger partial charge in [-0.2, -0.15) is 0 Å². The quantitative estimate of drug-likeness (QED) is 0.106. The molecule has 1 saturated heterocycles. The smallest absolute Gasteiger partial charge is 0.731 e. The number of hydrogen-bond acceptors (Lipinski definition) is 12. The van der Waals surface area contributed by atoms with Gasteiger partial charge in [0.2, 0.25) is 6.23 Å². The van der Waals surface area contributed by atoms with Crippen LogP contribution in [0.15, 0.2) is 10.5 Å². The Kier molecular flexibility index (Phi) is 8.12. The van der Waals surface area contributed by atoms with Crippen LogP contribution in [0.2, 0.25) is 0 Å². The van der Waals surface area contributed by atoms with Crippen molar-refractivity contribution in [2.75, 3.05) is 5.73 Å². The van der Waals surface area contributed by atoms with E-state index in [0.717, 1.165) is 6.92 Å². The first-order valence-corrected chi connectivity index (χ1v) is 8.96. The number of anilines is 1. The number of nitrogens with one attached hydrogen (secondary N) is 1. The fraction of sp³-hybridized carbons (Fsp3) is 0.364. The molecule has 0 saturated carbocycles. The van der Waals surface area contributed by atoms with Crippen molar-refractivity contribution in [2.45, 2.75) is 25.8 Å². The molecule has 0 aromatic carbocycles. The zero-order valence-electron chi connectivity index (χ0n) is 14.0. The van der Waals surface area contributed by atoms with Gasteiger partial charge in [0.25, 0.3) is 11.8 Å². The largest absolute Gasteiger partial charge is 1.00 e. The number of thiazole rings is 1. The van der Waals surface area contributed by atoms with E-state index in [9.17, 15) is 27.4 Å². The molecule has 1 aromatic heterocycles. The zero-order chi connectivity index (χ0) is 19.5. The number of oxime groups is 1. The SMILES string of the molecule is CC(=O)O[C@@H]1[C@@H](NC(=O)C=NOCc2csc(N)n2)C(=O)N1S(=O)(=O)[O-].[Na+]. The summed E-state index contributed by atoms with van der Waals surface area (Å²) in [6, 6.07) is -1.54. The minimum Gasteiger partial charge on any atom is -0.731 e. The standard InChI is InChI=1S/C11H13N5O8S2.Na/c1-5(17)24-10-8(9(19)16(10)26(20,21)22)15-7(18)2-13-23-3-6-4-25-11(12)14-6;/h2,4,8,10H,3H2,1H3,(H2,12,14)(H,15,18)(H,20,21,22);/q;+1/p-1/t8-,10+;/m0./s1. The number of ether oxygens (including phenoxy) is 1. The number of hydrogen-bond donors (Lipinski definition) is 2. The number of aromatic nitrogens is 1. The number of nitrogens with two attached hydrogens (primary N) is 1. The van der Waals surface area contributed by atoms with Crippen molar-refractivity contribution >= 4 is 50.8 Å². The van der Waals surface area contributed by atoms with Crippen molar-refractivity contribution < 1.29 is 66.5 Å². The van der Waals surface area contributed by atoms with Crippen LogP contribution in [0.3, 0.4) is 0 Å². The number of β-lactam (4-membered cyclic amide) rings is 1. The van der Waals surface area contributed by atoms with Crippen LogP contribution in [0.5, 0.6) is 0 Å². The van der Waals surface area contributed by atoms with Crippen molar-refractivity contribution in [2.24, 2.45) is 5.16 Å². The van der Waals surface area contributed by atoms with Gasteiger partial charge in [-0.25, -0.2) is 17.7 Å². The molecule has 1 fully saturated rings. The molecule has 2 amide bonds. The Morgan fingerprint density at radius 3 is 2.74 bits per heavy atom. The maximum Gasteiger partial charge on any atom is 1.00 e. The molecule has 0 radical (unpaired) electrons. The van der Waals surface area contributed by atoms with Crippen LogP contribution >= 0.6 is 11.3 Å². The van der Waals surface area contributed by atoms with Crippen LogP contribution in [-0.4, -0.2) is 58.5 Å². The van der Waals surface area contributed by atoms with E-state index in [0.29, 0.717) is 17.0 Å². The first-order chi connectivity index (χ1) is 12.1. The topological polar surface area (TPSA) is 193 Å². The summed E-state index contributed by atoms with van der Waals surface area (Å²) in [7, 11) is -5.20. The van der Waals surface area contributed by atoms with Gasteiger partial charge in [0.1, 0.15) is 6.21 Å². The molecule has 16 heteroatoms. The molecule has 2 heterocycles. The second kappa shape index (κ2) is 9.43. The number of nitrogen functional groups attached to an aromatic ring is 1. The minimum absolute atomic E-state index is 0. The van der Waals surface area contributed by atoms with E-state index in [4.69, 9.17) is 10.6 Å². The maximum absolute atomic E-state index is 11.7. The number of carbonyl (C=O) groups is 3. The average Bonchev–Trinajstić information content (AvgIpc) is 2.92. The van der Waals surface area contributed by atoms with E-state index < -0.39 is 40.4 Å². The Morgan fingerprint density at radius 1 is 1.56 bits per heavy atom. The number of esters is 1.